The molecule has 1 aromatic carbocycles. The molecule has 6 bridgehead atoms. The largest absolute Gasteiger partial charge is 0.491 e. The topological polar surface area (TPSA) is 119 Å². The first-order valence-electron chi connectivity index (χ1n) is 14.5. The third-order valence-electron chi connectivity index (χ3n) is 8.92. The van der Waals surface area contributed by atoms with Crippen LogP contribution in [0.2, 0.25) is 0 Å². The zero-order valence-electron chi connectivity index (χ0n) is 23.8. The van der Waals surface area contributed by atoms with Crippen molar-refractivity contribution >= 4 is 17.8 Å². The summed E-state index contributed by atoms with van der Waals surface area (Å²) in [6.45, 7) is 8.58. The predicted octanol–water partition coefficient (Wildman–Crippen LogP) is 4.61. The van der Waals surface area contributed by atoms with E-state index in [0.29, 0.717) is 30.9 Å². The van der Waals surface area contributed by atoms with Crippen molar-refractivity contribution in [3.05, 3.63) is 52.8 Å². The van der Waals surface area contributed by atoms with E-state index in [9.17, 15) is 9.59 Å². The first-order chi connectivity index (χ1) is 19.1. The third kappa shape index (κ3) is 4.69. The van der Waals surface area contributed by atoms with E-state index in [1.807, 2.05) is 26.8 Å². The summed E-state index contributed by atoms with van der Waals surface area (Å²) >= 11 is 0. The number of aryl methyl sites for hydroxylation is 1. The third-order valence-corrected chi connectivity index (χ3v) is 8.92. The van der Waals surface area contributed by atoms with Crippen molar-refractivity contribution in [1.82, 2.24) is 15.2 Å². The Hall–Kier alpha value is -3.62. The van der Waals surface area contributed by atoms with Gasteiger partial charge in [0.05, 0.1) is 30.7 Å². The van der Waals surface area contributed by atoms with E-state index >= 15 is 0 Å². The van der Waals surface area contributed by atoms with Crippen LogP contribution in [0.15, 0.2) is 35.3 Å². The van der Waals surface area contributed by atoms with Crippen molar-refractivity contribution in [1.29, 1.82) is 0 Å². The molecular formula is C31H39N5O4. The van der Waals surface area contributed by atoms with E-state index in [1.54, 1.807) is 17.0 Å². The maximum atomic E-state index is 13.8. The molecule has 2 amide bonds. The van der Waals surface area contributed by atoms with Crippen molar-refractivity contribution < 1.29 is 19.1 Å². The maximum Gasteiger partial charge on any atom is 0.270 e. The van der Waals surface area contributed by atoms with Crippen LogP contribution in [0.5, 0.6) is 11.5 Å². The molecule has 5 aliphatic heterocycles. The van der Waals surface area contributed by atoms with Crippen LogP contribution in [0.1, 0.15) is 106 Å². The number of carbonyl (C=O) groups excluding carboxylic acids is 2. The molecule has 9 heteroatoms. The van der Waals surface area contributed by atoms with Gasteiger partial charge in [0.15, 0.2) is 5.96 Å². The second kappa shape index (κ2) is 9.78. The van der Waals surface area contributed by atoms with Gasteiger partial charge in [0.25, 0.3) is 5.91 Å². The number of nitrogens with one attached hydrogen (secondary N) is 1. The Balaban J connectivity index is 1.46. The SMILES string of the molecule is CC[C@@]12CCCCc3ccc4c(c3)[C@H](CC(C)(C)O4)NC(=O)c3ccc4c(n3)C(C(C)CO4)N(C(=O)C1)C(N)=N2. The van der Waals surface area contributed by atoms with Crippen LogP contribution in [0.4, 0.5) is 0 Å². The number of carbonyl (C=O) groups is 2. The number of aromatic nitrogens is 1. The molecule has 4 atom stereocenters. The van der Waals surface area contributed by atoms with Crippen LogP contribution < -0.4 is 20.5 Å². The van der Waals surface area contributed by atoms with Crippen LogP contribution >= 0.6 is 0 Å². The van der Waals surface area contributed by atoms with Crippen molar-refractivity contribution in [2.24, 2.45) is 16.6 Å². The molecule has 0 saturated heterocycles. The molecule has 0 radical (unpaired) electrons. The predicted molar refractivity (Wildman–Crippen MR) is 151 cm³/mol. The number of nitrogens with zero attached hydrogens (tertiary/aromatic N) is 3. The minimum absolute atomic E-state index is 0.0542. The number of benzene rings is 1. The highest BCUT2D eigenvalue weighted by atomic mass is 16.5. The van der Waals surface area contributed by atoms with Crippen LogP contribution in [0, 0.1) is 5.92 Å². The van der Waals surface area contributed by atoms with E-state index in [0.717, 1.165) is 43.4 Å². The average molecular weight is 546 g/mol. The van der Waals surface area contributed by atoms with Crippen molar-refractivity contribution in [3.8, 4) is 11.5 Å². The summed E-state index contributed by atoms with van der Waals surface area (Å²) in [5.41, 5.74) is 8.65. The summed E-state index contributed by atoms with van der Waals surface area (Å²) in [6, 6.07) is 9.06. The number of hydrogen-bond donors (Lipinski definition) is 2. The van der Waals surface area contributed by atoms with Crippen LogP contribution in [-0.4, -0.2) is 45.4 Å². The molecule has 0 aliphatic carbocycles. The molecule has 2 aromatic rings. The molecule has 0 spiro atoms. The minimum atomic E-state index is -0.504. The molecule has 2 unspecified atom stereocenters. The molecule has 0 saturated carbocycles. The Morgan fingerprint density at radius 2 is 1.95 bits per heavy atom. The van der Waals surface area contributed by atoms with Gasteiger partial charge in [-0.15, -0.1) is 0 Å². The van der Waals surface area contributed by atoms with E-state index in [-0.39, 0.29) is 35.4 Å². The normalized spacial score (nSPS) is 29.4. The summed E-state index contributed by atoms with van der Waals surface area (Å²) in [5.74, 6) is 1.17. The Bertz CT molecular complexity index is 1390. The van der Waals surface area contributed by atoms with Crippen LogP contribution in [0.25, 0.3) is 0 Å². The number of rotatable bonds is 1. The highest BCUT2D eigenvalue weighted by Crippen LogP contribution is 2.43. The Kier molecular flexibility index (Phi) is 6.50. The highest BCUT2D eigenvalue weighted by Gasteiger charge is 2.45. The fourth-order valence-corrected chi connectivity index (χ4v) is 6.74. The Morgan fingerprint density at radius 3 is 2.73 bits per heavy atom. The van der Waals surface area contributed by atoms with E-state index in [4.69, 9.17) is 25.2 Å². The smallest absolute Gasteiger partial charge is 0.270 e. The number of fused-ring (bicyclic) bond motifs is 5. The van der Waals surface area contributed by atoms with Crippen molar-refractivity contribution in [2.75, 3.05) is 6.61 Å². The van der Waals surface area contributed by atoms with Crippen molar-refractivity contribution in [3.63, 3.8) is 0 Å². The first kappa shape index (κ1) is 26.6. The molecular weight excluding hydrogens is 506 g/mol. The summed E-state index contributed by atoms with van der Waals surface area (Å²) in [5, 5.41) is 3.23. The second-order valence-electron chi connectivity index (χ2n) is 12.5. The van der Waals surface area contributed by atoms with Gasteiger partial charge in [0.2, 0.25) is 5.91 Å². The van der Waals surface area contributed by atoms with E-state index in [2.05, 4.69) is 24.4 Å². The monoisotopic (exact) mass is 545 g/mol. The van der Waals surface area contributed by atoms with Gasteiger partial charge in [-0.3, -0.25) is 14.5 Å². The lowest BCUT2D eigenvalue weighted by Gasteiger charge is -2.43. The van der Waals surface area contributed by atoms with Gasteiger partial charge in [-0.2, -0.15) is 0 Å². The van der Waals surface area contributed by atoms with E-state index in [1.165, 1.54) is 5.56 Å². The van der Waals surface area contributed by atoms with Gasteiger partial charge in [-0.05, 0) is 63.3 Å². The fraction of sp³-hybridized carbons (Fsp3) is 0.548. The van der Waals surface area contributed by atoms with Crippen LogP contribution in [0.3, 0.4) is 0 Å². The highest BCUT2D eigenvalue weighted by molar-refractivity contribution is 5.99. The van der Waals surface area contributed by atoms with Gasteiger partial charge < -0.3 is 20.5 Å². The molecule has 0 fully saturated rings. The summed E-state index contributed by atoms with van der Waals surface area (Å²) in [4.78, 5) is 38.8. The van der Waals surface area contributed by atoms with Gasteiger partial charge >= 0.3 is 0 Å². The molecule has 5 aliphatic rings. The zero-order chi connectivity index (χ0) is 28.2. The molecule has 6 heterocycles. The average Bonchev–Trinajstić information content (AvgIpc) is 2.91. The second-order valence-corrected chi connectivity index (χ2v) is 12.5. The number of aliphatic imine (C=N–C) groups is 1. The molecule has 3 N–H and O–H groups in total. The lowest BCUT2D eigenvalue weighted by atomic mass is 9.83. The summed E-state index contributed by atoms with van der Waals surface area (Å²) < 4.78 is 12.3. The molecule has 9 nitrogen and oxygen atoms in total. The first-order valence-corrected chi connectivity index (χ1v) is 14.5. The molecule has 212 valence electrons. The number of pyridine rings is 1. The summed E-state index contributed by atoms with van der Waals surface area (Å²) in [6.07, 6.45) is 5.26. The van der Waals surface area contributed by atoms with Crippen molar-refractivity contribution in [2.45, 2.75) is 95.9 Å². The minimum Gasteiger partial charge on any atom is -0.491 e. The number of guanidine groups is 1. The van der Waals surface area contributed by atoms with Gasteiger partial charge in [0, 0.05) is 17.9 Å². The molecule has 7 rings (SSSR count). The lowest BCUT2D eigenvalue weighted by Crippen LogP contribution is -2.55. The number of amides is 2. The quantitative estimate of drug-likeness (QED) is 0.540. The van der Waals surface area contributed by atoms with E-state index < -0.39 is 17.2 Å². The fourth-order valence-electron chi connectivity index (χ4n) is 6.74. The number of ether oxygens (including phenoxy) is 2. The zero-order valence-corrected chi connectivity index (χ0v) is 23.8. The number of hydrogen-bond acceptors (Lipinski definition) is 7. The van der Waals surface area contributed by atoms with Gasteiger partial charge in [-0.25, -0.2) is 9.98 Å². The standard InChI is InChI=1S/C31H39N5O4/c1-5-31-13-7-6-8-19-9-11-23-20(14-19)22(15-30(3,4)40-23)34-28(38)21-10-12-24-26(33-21)27(18(2)17-39-24)36(25(37)16-31)29(32)35-31/h9-12,14,18,22,27H,5-8,13,15-17H2,1-4H3,(H2,32,35)(H,34,38)/t18?,22-,27?,31+/m0/s1. The Labute approximate surface area is 235 Å². The molecule has 40 heavy (non-hydrogen) atoms. The van der Waals surface area contributed by atoms with Gasteiger partial charge in [-0.1, -0.05) is 32.4 Å². The lowest BCUT2D eigenvalue weighted by molar-refractivity contribution is -0.133. The number of nitrogens with two attached hydrogens (primary N) is 1. The van der Waals surface area contributed by atoms with Gasteiger partial charge in [0.1, 0.15) is 28.5 Å². The molecule has 1 aromatic heterocycles. The maximum absolute atomic E-state index is 13.8. The Morgan fingerprint density at radius 1 is 1.15 bits per heavy atom. The van der Waals surface area contributed by atoms with Crippen LogP contribution in [-0.2, 0) is 11.2 Å². The summed E-state index contributed by atoms with van der Waals surface area (Å²) in [7, 11) is 0.